The molecule has 0 aliphatic rings. The normalized spacial score (nSPS) is 10.6. The van der Waals surface area contributed by atoms with Crippen molar-refractivity contribution in [1.29, 1.82) is 5.26 Å². The van der Waals surface area contributed by atoms with Gasteiger partial charge in [0.25, 0.3) is 11.7 Å². The fraction of sp³-hybridized carbons (Fsp3) is 0.140. The number of carboxylic acid groups (broad SMARTS) is 1. The maximum absolute atomic E-state index is 12.4. The summed E-state index contributed by atoms with van der Waals surface area (Å²) in [6, 6.07) is 26.2. The first-order valence-electron chi connectivity index (χ1n) is 17.9. The summed E-state index contributed by atoms with van der Waals surface area (Å²) in [6.07, 6.45) is 5.62. The van der Waals surface area contributed by atoms with E-state index in [0.717, 1.165) is 66.2 Å². The Morgan fingerprint density at radius 1 is 0.763 bits per heavy atom. The fourth-order valence-electron chi connectivity index (χ4n) is 6.05. The molecule has 8 aromatic rings. The summed E-state index contributed by atoms with van der Waals surface area (Å²) < 4.78 is 5.25. The summed E-state index contributed by atoms with van der Waals surface area (Å²) in [5.74, 6) is -0.487. The van der Waals surface area contributed by atoms with Crippen LogP contribution in [0.15, 0.2) is 102 Å². The average molecular weight is 847 g/mol. The quantitative estimate of drug-likeness (QED) is 0.131. The first-order chi connectivity index (χ1) is 28.3. The van der Waals surface area contributed by atoms with Gasteiger partial charge in [-0.3, -0.25) is 24.5 Å². The zero-order valence-electron chi connectivity index (χ0n) is 31.6. The number of aryl methyl sites for hydroxylation is 2. The monoisotopic (exact) mass is 845 g/mol. The highest BCUT2D eigenvalue weighted by Gasteiger charge is 2.16. The maximum Gasteiger partial charge on any atom is 0.307 e. The molecule has 0 saturated heterocycles. The van der Waals surface area contributed by atoms with E-state index in [4.69, 9.17) is 55.4 Å². The predicted octanol–water partition coefficient (Wildman–Crippen LogP) is 8.86. The lowest BCUT2D eigenvalue weighted by Gasteiger charge is -2.10. The van der Waals surface area contributed by atoms with E-state index >= 15 is 0 Å². The van der Waals surface area contributed by atoms with Crippen LogP contribution in [0.25, 0.3) is 32.7 Å². The highest BCUT2D eigenvalue weighted by atomic mass is 35.5. The van der Waals surface area contributed by atoms with E-state index in [-0.39, 0.29) is 12.2 Å². The molecule has 0 spiro atoms. The maximum atomic E-state index is 12.4. The molecule has 0 unspecified atom stereocenters. The average Bonchev–Trinajstić information content (AvgIpc) is 3.66. The summed E-state index contributed by atoms with van der Waals surface area (Å²) in [5, 5.41) is 28.3. The van der Waals surface area contributed by atoms with Crippen molar-refractivity contribution in [2.75, 3.05) is 5.73 Å². The largest absolute Gasteiger partial charge is 0.481 e. The number of anilines is 1. The van der Waals surface area contributed by atoms with Crippen LogP contribution in [0.5, 0.6) is 0 Å². The molecule has 4 N–H and O–H groups in total. The minimum atomic E-state index is -0.843. The third-order valence-electron chi connectivity index (χ3n) is 8.80. The predicted molar refractivity (Wildman–Crippen MR) is 227 cm³/mol. The molecular formula is C43H34Cl3N9O4. The number of nitrogens with zero attached hydrogens (tertiary/aromatic N) is 7. The molecule has 3 aromatic carbocycles. The van der Waals surface area contributed by atoms with Gasteiger partial charge in [-0.1, -0.05) is 58.2 Å². The molecule has 59 heavy (non-hydrogen) atoms. The van der Waals surface area contributed by atoms with Gasteiger partial charge in [0.2, 0.25) is 5.89 Å². The Kier molecular flexibility index (Phi) is 13.6. The van der Waals surface area contributed by atoms with E-state index in [2.05, 4.69) is 41.5 Å². The molecule has 0 saturated carbocycles. The standard InChI is InChI=1S/C21H19ClN6O2.C11H7ClN2.C11H8ClNO2/c1-11-5-18(23)26-12(2)16(11)10-25-21(29)20-27-19(30-28-20)7-13-3-4-17-14(6-13)8-15(22)9-24-17;12-10-6-9-5-8(3-4-13)1-2-11(9)14-7-10;12-9-5-8-3-7(4-11(14)15)1-2-10(8)13-6-9/h3-6,8-9H,7,10H2,1-2H3,(H2,23,26)(H,25,29);1-2,5-7H,3H2;1-3,5-6H,4H2,(H,14,15). The smallest absolute Gasteiger partial charge is 0.307 e. The minimum absolute atomic E-state index is 0.0163. The highest BCUT2D eigenvalue weighted by molar-refractivity contribution is 6.31. The van der Waals surface area contributed by atoms with Crippen molar-refractivity contribution in [3.63, 3.8) is 0 Å². The Hall–Kier alpha value is -6.72. The number of fused-ring (bicyclic) bond motifs is 3. The number of aromatic nitrogens is 6. The van der Waals surface area contributed by atoms with Gasteiger partial charge in [0, 0.05) is 47.0 Å². The molecule has 5 aromatic heterocycles. The number of hydrogen-bond acceptors (Lipinski definition) is 11. The van der Waals surface area contributed by atoms with Gasteiger partial charge in [-0.2, -0.15) is 10.2 Å². The Morgan fingerprint density at radius 2 is 1.29 bits per heavy atom. The number of hydrogen-bond donors (Lipinski definition) is 3. The van der Waals surface area contributed by atoms with Gasteiger partial charge in [0.15, 0.2) is 0 Å². The van der Waals surface area contributed by atoms with Crippen LogP contribution in [-0.2, 0) is 30.6 Å². The summed E-state index contributed by atoms with van der Waals surface area (Å²) in [7, 11) is 0. The van der Waals surface area contributed by atoms with Crippen molar-refractivity contribution in [2.24, 2.45) is 0 Å². The van der Waals surface area contributed by atoms with Gasteiger partial charge in [-0.05, 0) is 102 Å². The van der Waals surface area contributed by atoms with Crippen LogP contribution in [0.1, 0.15) is 50.0 Å². The van der Waals surface area contributed by atoms with Gasteiger partial charge in [-0.25, -0.2) is 4.98 Å². The van der Waals surface area contributed by atoms with Gasteiger partial charge >= 0.3 is 5.97 Å². The number of nitrogen functional groups attached to an aromatic ring is 1. The van der Waals surface area contributed by atoms with Crippen LogP contribution in [0.3, 0.4) is 0 Å². The van der Waals surface area contributed by atoms with Crippen LogP contribution >= 0.6 is 34.8 Å². The van der Waals surface area contributed by atoms with Crippen molar-refractivity contribution in [1.82, 2.24) is 35.4 Å². The number of carbonyl (C=O) groups is 2. The Bertz CT molecular complexity index is 2860. The Labute approximate surface area is 352 Å². The SMILES string of the molecule is Cc1cc(N)nc(C)c1CNC(=O)c1noc(Cc2ccc3ncc(Cl)cc3c2)n1.N#CCc1ccc2ncc(Cl)cc2c1.O=C(O)Cc1ccc2ncc(Cl)cc2c1. The van der Waals surface area contributed by atoms with Crippen molar-refractivity contribution in [2.45, 2.75) is 39.7 Å². The number of amides is 1. The highest BCUT2D eigenvalue weighted by Crippen LogP contribution is 2.22. The van der Waals surface area contributed by atoms with Crippen molar-refractivity contribution >= 4 is 85.2 Å². The number of pyridine rings is 4. The van der Waals surface area contributed by atoms with Crippen molar-refractivity contribution in [3.05, 3.63) is 158 Å². The lowest BCUT2D eigenvalue weighted by molar-refractivity contribution is -0.136. The molecule has 13 nitrogen and oxygen atoms in total. The van der Waals surface area contributed by atoms with E-state index in [1.807, 2.05) is 62.4 Å². The van der Waals surface area contributed by atoms with E-state index in [9.17, 15) is 9.59 Å². The lowest BCUT2D eigenvalue weighted by atomic mass is 10.1. The summed E-state index contributed by atoms with van der Waals surface area (Å²) in [4.78, 5) is 43.9. The molecule has 0 fully saturated rings. The van der Waals surface area contributed by atoms with Crippen LogP contribution in [0, 0.1) is 25.2 Å². The number of nitrogens with one attached hydrogen (secondary N) is 1. The van der Waals surface area contributed by atoms with Gasteiger partial charge in [-0.15, -0.1) is 0 Å². The van der Waals surface area contributed by atoms with E-state index in [0.29, 0.717) is 46.2 Å². The van der Waals surface area contributed by atoms with Crippen molar-refractivity contribution in [3.8, 4) is 6.07 Å². The lowest BCUT2D eigenvalue weighted by Crippen LogP contribution is -2.25. The molecule has 8 rings (SSSR count). The summed E-state index contributed by atoms with van der Waals surface area (Å²) in [6.45, 7) is 4.07. The molecule has 0 aliphatic carbocycles. The zero-order valence-corrected chi connectivity index (χ0v) is 33.8. The van der Waals surface area contributed by atoms with Crippen LogP contribution in [0.2, 0.25) is 15.1 Å². The van der Waals surface area contributed by atoms with Crippen LogP contribution in [0.4, 0.5) is 5.82 Å². The molecule has 16 heteroatoms. The number of carbonyl (C=O) groups excluding carboxylic acids is 1. The number of aliphatic carboxylic acids is 1. The number of nitrogens with two attached hydrogens (primary N) is 1. The molecular weight excluding hydrogens is 813 g/mol. The number of carboxylic acids is 1. The second kappa shape index (κ2) is 19.1. The number of halogens is 3. The Morgan fingerprint density at radius 3 is 1.83 bits per heavy atom. The molecule has 0 bridgehead atoms. The third kappa shape index (κ3) is 11.5. The third-order valence-corrected chi connectivity index (χ3v) is 9.42. The molecule has 1 amide bonds. The van der Waals surface area contributed by atoms with Gasteiger partial charge in [0.05, 0.1) is 56.9 Å². The number of rotatable bonds is 8. The minimum Gasteiger partial charge on any atom is -0.481 e. The first kappa shape index (κ1) is 41.9. The second-order valence-electron chi connectivity index (χ2n) is 13.2. The second-order valence-corrected chi connectivity index (χ2v) is 14.6. The molecule has 0 radical (unpaired) electrons. The number of nitriles is 1. The molecule has 0 aliphatic heterocycles. The van der Waals surface area contributed by atoms with E-state index in [1.54, 1.807) is 48.9 Å². The zero-order chi connectivity index (χ0) is 42.1. The van der Waals surface area contributed by atoms with E-state index in [1.165, 1.54) is 0 Å². The summed E-state index contributed by atoms with van der Waals surface area (Å²) in [5.41, 5.74) is 13.6. The fourth-order valence-corrected chi connectivity index (χ4v) is 6.55. The van der Waals surface area contributed by atoms with Crippen LogP contribution in [-0.4, -0.2) is 47.1 Å². The van der Waals surface area contributed by atoms with E-state index < -0.39 is 11.9 Å². The van der Waals surface area contributed by atoms with Crippen LogP contribution < -0.4 is 11.1 Å². The molecule has 0 atom stereocenters. The summed E-state index contributed by atoms with van der Waals surface area (Å²) >= 11 is 17.6. The van der Waals surface area contributed by atoms with Gasteiger partial charge in [0.1, 0.15) is 5.82 Å². The molecule has 296 valence electrons. The van der Waals surface area contributed by atoms with Gasteiger partial charge < -0.3 is 20.7 Å². The Balaban J connectivity index is 0.000000168. The first-order valence-corrected chi connectivity index (χ1v) is 19.0. The molecule has 5 heterocycles. The van der Waals surface area contributed by atoms with Crippen molar-refractivity contribution < 1.29 is 19.2 Å². The number of benzene rings is 3. The topological polar surface area (TPSA) is 207 Å².